The van der Waals surface area contributed by atoms with Crippen LogP contribution in [0, 0.1) is 0 Å². The van der Waals surface area contributed by atoms with E-state index in [2.05, 4.69) is 0 Å². The van der Waals surface area contributed by atoms with Gasteiger partial charge in [-0.3, -0.25) is 0 Å². The Hall–Kier alpha value is -1.45. The summed E-state index contributed by atoms with van der Waals surface area (Å²) >= 11 is 0. The number of carboxylic acid groups (broad SMARTS) is 2. The molecular weight excluding hydrogens is 594 g/mol. The SMILES string of the molecule is CC(C)(C)c1ccc(C(=O)[O-])c(O)c1C(C)(C)C.CC(C)(C)c1ccc(C(=O)[O-])c(O)c1C(C)(C)C.[Ba+2]. The van der Waals surface area contributed by atoms with Crippen molar-refractivity contribution < 1.29 is 30.0 Å². The summed E-state index contributed by atoms with van der Waals surface area (Å²) in [7, 11) is 0. The molecular formula is C30H42BaO6. The van der Waals surface area contributed by atoms with E-state index in [4.69, 9.17) is 0 Å². The topological polar surface area (TPSA) is 121 Å². The smallest absolute Gasteiger partial charge is 0.545 e. The third-order valence-corrected chi connectivity index (χ3v) is 5.91. The normalized spacial score (nSPS) is 12.2. The fraction of sp³-hybridized carbons (Fsp3) is 0.533. The Kier molecular flexibility index (Phi) is 11.7. The molecule has 0 aromatic heterocycles. The van der Waals surface area contributed by atoms with Crippen LogP contribution in [0.5, 0.6) is 11.5 Å². The molecule has 6 nitrogen and oxygen atoms in total. The van der Waals surface area contributed by atoms with Gasteiger partial charge in [0.2, 0.25) is 0 Å². The van der Waals surface area contributed by atoms with E-state index in [1.807, 2.05) is 83.1 Å². The van der Waals surface area contributed by atoms with Gasteiger partial charge in [-0.15, -0.1) is 0 Å². The minimum absolute atomic E-state index is 0. The average molecular weight is 636 g/mol. The van der Waals surface area contributed by atoms with E-state index in [1.54, 1.807) is 12.1 Å². The number of carboxylic acids is 2. The van der Waals surface area contributed by atoms with Crippen LogP contribution in [0.1, 0.15) is 126 Å². The molecule has 2 N–H and O–H groups in total. The van der Waals surface area contributed by atoms with Crippen LogP contribution in [0.2, 0.25) is 0 Å². The zero-order valence-electron chi connectivity index (χ0n) is 24.5. The monoisotopic (exact) mass is 636 g/mol. The number of rotatable bonds is 2. The van der Waals surface area contributed by atoms with Crippen LogP contribution in [0.4, 0.5) is 0 Å². The maximum absolute atomic E-state index is 11.0. The third kappa shape index (κ3) is 8.79. The van der Waals surface area contributed by atoms with Gasteiger partial charge in [-0.25, -0.2) is 0 Å². The Bertz CT molecular complexity index is 1050. The minimum atomic E-state index is -1.35. The van der Waals surface area contributed by atoms with Crippen molar-refractivity contribution in [1.82, 2.24) is 0 Å². The predicted molar refractivity (Wildman–Crippen MR) is 145 cm³/mol. The maximum atomic E-state index is 11.0. The van der Waals surface area contributed by atoms with Crippen molar-refractivity contribution in [3.8, 4) is 11.5 Å². The van der Waals surface area contributed by atoms with Gasteiger partial charge in [-0.2, -0.15) is 0 Å². The fourth-order valence-corrected chi connectivity index (χ4v) is 4.28. The molecule has 0 unspecified atom stereocenters. The molecule has 0 heterocycles. The van der Waals surface area contributed by atoms with Gasteiger partial charge in [0.25, 0.3) is 0 Å². The standard InChI is InChI=1S/2C15H22O3.Ba/c2*1-14(2,3)10-8-7-9(13(17)18)12(16)11(10)15(4,5)6;/h2*7-8,16H,1-6H3,(H,17,18);/q;;+2/p-2. The Morgan fingerprint density at radius 3 is 0.946 bits per heavy atom. The summed E-state index contributed by atoms with van der Waals surface area (Å²) in [5.41, 5.74) is 1.98. The van der Waals surface area contributed by atoms with Crippen molar-refractivity contribution in [2.45, 2.75) is 105 Å². The van der Waals surface area contributed by atoms with Crippen LogP contribution in [-0.2, 0) is 21.7 Å². The Morgan fingerprint density at radius 1 is 0.541 bits per heavy atom. The number of hydrogen-bond acceptors (Lipinski definition) is 6. The van der Waals surface area contributed by atoms with Crippen molar-refractivity contribution in [1.29, 1.82) is 0 Å². The third-order valence-electron chi connectivity index (χ3n) is 5.91. The van der Waals surface area contributed by atoms with Crippen molar-refractivity contribution in [2.75, 3.05) is 0 Å². The maximum Gasteiger partial charge on any atom is 2.00 e. The van der Waals surface area contributed by atoms with Gasteiger partial charge in [0, 0.05) is 22.3 Å². The molecule has 0 saturated carbocycles. The van der Waals surface area contributed by atoms with Crippen LogP contribution < -0.4 is 10.2 Å². The van der Waals surface area contributed by atoms with Crippen LogP contribution in [0.25, 0.3) is 0 Å². The molecule has 0 radical (unpaired) electrons. The molecule has 0 spiro atoms. The quantitative estimate of drug-likeness (QED) is 0.475. The van der Waals surface area contributed by atoms with E-state index in [1.165, 1.54) is 12.1 Å². The number of aromatic carboxylic acids is 2. The zero-order valence-corrected chi connectivity index (χ0v) is 29.0. The molecule has 0 amide bonds. The summed E-state index contributed by atoms with van der Waals surface area (Å²) in [6, 6.07) is 6.37. The van der Waals surface area contributed by atoms with Crippen molar-refractivity contribution in [3.63, 3.8) is 0 Å². The summed E-state index contributed by atoms with van der Waals surface area (Å²) in [5.74, 6) is -3.04. The van der Waals surface area contributed by atoms with E-state index < -0.39 is 11.9 Å². The molecule has 200 valence electrons. The van der Waals surface area contributed by atoms with E-state index in [-0.39, 0.29) is 93.2 Å². The molecule has 0 atom stereocenters. The first-order valence-corrected chi connectivity index (χ1v) is 12.1. The predicted octanol–water partition coefficient (Wildman–Crippen LogP) is 4.32. The summed E-state index contributed by atoms with van der Waals surface area (Å²) < 4.78 is 0. The zero-order chi connectivity index (χ0) is 28.6. The molecule has 2 rings (SSSR count). The summed E-state index contributed by atoms with van der Waals surface area (Å²) in [4.78, 5) is 22.0. The largest absolute Gasteiger partial charge is 2.00 e. The second-order valence-electron chi connectivity index (χ2n) is 13.3. The van der Waals surface area contributed by atoms with Gasteiger partial charge in [-0.1, -0.05) is 95.2 Å². The van der Waals surface area contributed by atoms with Crippen molar-refractivity contribution in [3.05, 3.63) is 57.6 Å². The number of carbonyl (C=O) groups is 2. The molecule has 2 aromatic rings. The molecule has 7 heteroatoms. The molecule has 0 saturated heterocycles. The molecule has 0 fully saturated rings. The minimum Gasteiger partial charge on any atom is -0.545 e. The van der Waals surface area contributed by atoms with E-state index in [0.29, 0.717) is 11.1 Å². The number of hydrogen-bond donors (Lipinski definition) is 2. The fourth-order valence-electron chi connectivity index (χ4n) is 4.28. The first-order chi connectivity index (χ1) is 15.9. The molecule has 0 aliphatic rings. The van der Waals surface area contributed by atoms with E-state index >= 15 is 0 Å². The molecule has 0 aliphatic carbocycles. The van der Waals surface area contributed by atoms with Gasteiger partial charge >= 0.3 is 48.9 Å². The summed E-state index contributed by atoms with van der Waals surface area (Å²) in [5, 5.41) is 42.4. The van der Waals surface area contributed by atoms with Crippen LogP contribution in [0.15, 0.2) is 24.3 Å². The van der Waals surface area contributed by atoms with Crippen molar-refractivity contribution in [2.24, 2.45) is 0 Å². The number of aromatic hydroxyl groups is 2. The summed E-state index contributed by atoms with van der Waals surface area (Å²) in [6.45, 7) is 24.0. The Labute approximate surface area is 262 Å². The molecule has 37 heavy (non-hydrogen) atoms. The Morgan fingerprint density at radius 2 is 0.784 bits per heavy atom. The van der Waals surface area contributed by atoms with Gasteiger partial charge in [0.15, 0.2) is 0 Å². The average Bonchev–Trinajstić information content (AvgIpc) is 2.63. The van der Waals surface area contributed by atoms with E-state index in [0.717, 1.165) is 11.1 Å². The summed E-state index contributed by atoms with van der Waals surface area (Å²) in [6.07, 6.45) is 0. The molecule has 0 aliphatic heterocycles. The van der Waals surface area contributed by atoms with Gasteiger partial charge in [0.1, 0.15) is 11.5 Å². The van der Waals surface area contributed by atoms with Crippen LogP contribution in [-0.4, -0.2) is 71.0 Å². The number of carbonyl (C=O) groups excluding carboxylic acids is 2. The van der Waals surface area contributed by atoms with E-state index in [9.17, 15) is 30.0 Å². The van der Waals surface area contributed by atoms with Gasteiger partial charge < -0.3 is 30.0 Å². The number of phenols is 2. The van der Waals surface area contributed by atoms with Crippen LogP contribution in [0.3, 0.4) is 0 Å². The second kappa shape index (κ2) is 12.2. The van der Waals surface area contributed by atoms with Crippen molar-refractivity contribution >= 4 is 60.8 Å². The molecule has 2 aromatic carbocycles. The van der Waals surface area contributed by atoms with Gasteiger partial charge in [0.05, 0.1) is 11.9 Å². The van der Waals surface area contributed by atoms with Crippen LogP contribution >= 0.6 is 0 Å². The number of benzene rings is 2. The van der Waals surface area contributed by atoms with Gasteiger partial charge in [-0.05, 0) is 44.9 Å². The molecule has 0 bridgehead atoms. The Balaban J connectivity index is 0.000000682. The second-order valence-corrected chi connectivity index (χ2v) is 13.3. The first-order valence-electron chi connectivity index (χ1n) is 12.1. The first kappa shape index (κ1) is 35.6.